The predicted molar refractivity (Wildman–Crippen MR) is 68.1 cm³/mol. The van der Waals surface area contributed by atoms with Crippen molar-refractivity contribution in [2.75, 3.05) is 6.61 Å². The molecule has 2 rings (SSSR count). The highest BCUT2D eigenvalue weighted by molar-refractivity contribution is 9.10. The van der Waals surface area contributed by atoms with Gasteiger partial charge in [0.15, 0.2) is 0 Å². The molecule has 2 aromatic rings. The quantitative estimate of drug-likeness (QED) is 0.815. The van der Waals surface area contributed by atoms with E-state index in [0.717, 1.165) is 15.6 Å². The van der Waals surface area contributed by atoms with Gasteiger partial charge in [0.25, 0.3) is 11.7 Å². The van der Waals surface area contributed by atoms with E-state index >= 15 is 0 Å². The number of carbonyl (C=O) groups is 1. The molecular weight excluding hydrogens is 300 g/mol. The lowest BCUT2D eigenvalue weighted by molar-refractivity contribution is 0.0508. The van der Waals surface area contributed by atoms with Crippen LogP contribution in [0.5, 0.6) is 0 Å². The molecule has 0 saturated carbocycles. The van der Waals surface area contributed by atoms with Gasteiger partial charge in [-0.1, -0.05) is 22.0 Å². The number of nitrogens with zero attached hydrogens (tertiary/aromatic N) is 2. The van der Waals surface area contributed by atoms with Crippen molar-refractivity contribution in [3.05, 3.63) is 34.1 Å². The lowest BCUT2D eigenvalue weighted by Crippen LogP contribution is -2.06. The van der Waals surface area contributed by atoms with Gasteiger partial charge in [-0.3, -0.25) is 0 Å². The molecule has 0 aliphatic carbocycles. The molecule has 0 bridgehead atoms. The van der Waals surface area contributed by atoms with E-state index in [1.165, 1.54) is 0 Å². The van der Waals surface area contributed by atoms with E-state index in [9.17, 15) is 4.79 Å². The van der Waals surface area contributed by atoms with Crippen LogP contribution in [0.3, 0.4) is 0 Å². The van der Waals surface area contributed by atoms with Crippen LogP contribution in [-0.2, 0) is 4.74 Å². The van der Waals surface area contributed by atoms with Crippen molar-refractivity contribution in [1.82, 2.24) is 10.1 Å². The van der Waals surface area contributed by atoms with Gasteiger partial charge < -0.3 is 9.26 Å². The van der Waals surface area contributed by atoms with Gasteiger partial charge in [0.1, 0.15) is 0 Å². The third kappa shape index (κ3) is 2.59. The molecule has 0 spiro atoms. The minimum Gasteiger partial charge on any atom is -0.460 e. The Morgan fingerprint density at radius 3 is 3.00 bits per heavy atom. The number of aromatic nitrogens is 2. The third-order valence-electron chi connectivity index (χ3n) is 2.31. The molecule has 0 radical (unpaired) electrons. The molecule has 94 valence electrons. The first-order valence-corrected chi connectivity index (χ1v) is 6.18. The fraction of sp³-hybridized carbons (Fsp3) is 0.250. The van der Waals surface area contributed by atoms with E-state index in [0.29, 0.717) is 5.89 Å². The normalized spacial score (nSPS) is 10.4. The van der Waals surface area contributed by atoms with Crippen molar-refractivity contribution in [3.63, 3.8) is 0 Å². The highest BCUT2D eigenvalue weighted by Gasteiger charge is 2.17. The molecule has 1 aromatic heterocycles. The monoisotopic (exact) mass is 310 g/mol. The first-order valence-electron chi connectivity index (χ1n) is 5.39. The summed E-state index contributed by atoms with van der Waals surface area (Å²) in [6.07, 6.45) is 0. The lowest BCUT2D eigenvalue weighted by atomic mass is 10.1. The summed E-state index contributed by atoms with van der Waals surface area (Å²) >= 11 is 3.37. The molecule has 0 N–H and O–H groups in total. The van der Waals surface area contributed by atoms with Crippen molar-refractivity contribution in [2.45, 2.75) is 13.8 Å². The Kier molecular flexibility index (Phi) is 3.76. The maximum Gasteiger partial charge on any atom is 0.379 e. The maximum atomic E-state index is 11.4. The van der Waals surface area contributed by atoms with Gasteiger partial charge in [-0.2, -0.15) is 4.98 Å². The van der Waals surface area contributed by atoms with Crippen LogP contribution in [0.4, 0.5) is 0 Å². The summed E-state index contributed by atoms with van der Waals surface area (Å²) < 4.78 is 10.8. The van der Waals surface area contributed by atoms with Gasteiger partial charge in [-0.25, -0.2) is 4.79 Å². The van der Waals surface area contributed by atoms with Crippen LogP contribution in [-0.4, -0.2) is 22.7 Å². The smallest absolute Gasteiger partial charge is 0.379 e. The molecule has 1 heterocycles. The number of hydrogen-bond donors (Lipinski definition) is 0. The number of aryl methyl sites for hydroxylation is 1. The summed E-state index contributed by atoms with van der Waals surface area (Å²) in [6, 6.07) is 5.70. The first-order chi connectivity index (χ1) is 8.61. The van der Waals surface area contributed by atoms with Crippen LogP contribution in [0, 0.1) is 6.92 Å². The summed E-state index contributed by atoms with van der Waals surface area (Å²) in [4.78, 5) is 15.5. The summed E-state index contributed by atoms with van der Waals surface area (Å²) in [5.41, 5.74) is 1.77. The Morgan fingerprint density at radius 2 is 2.28 bits per heavy atom. The van der Waals surface area contributed by atoms with Crippen LogP contribution in [0.25, 0.3) is 11.5 Å². The first kappa shape index (κ1) is 12.8. The molecule has 6 heteroatoms. The van der Waals surface area contributed by atoms with Crippen LogP contribution in [0.2, 0.25) is 0 Å². The number of esters is 1. The molecule has 0 unspecified atom stereocenters. The second-order valence-corrected chi connectivity index (χ2v) is 4.52. The van der Waals surface area contributed by atoms with Crippen LogP contribution >= 0.6 is 15.9 Å². The van der Waals surface area contributed by atoms with Gasteiger partial charge >= 0.3 is 5.97 Å². The summed E-state index contributed by atoms with van der Waals surface area (Å²) in [7, 11) is 0. The van der Waals surface area contributed by atoms with Crippen molar-refractivity contribution >= 4 is 21.9 Å². The van der Waals surface area contributed by atoms with E-state index in [4.69, 9.17) is 9.26 Å². The molecule has 5 nitrogen and oxygen atoms in total. The Morgan fingerprint density at radius 1 is 1.50 bits per heavy atom. The fourth-order valence-corrected chi connectivity index (χ4v) is 1.80. The number of rotatable bonds is 3. The largest absolute Gasteiger partial charge is 0.460 e. The van der Waals surface area contributed by atoms with Crippen LogP contribution in [0.15, 0.2) is 27.2 Å². The highest BCUT2D eigenvalue weighted by atomic mass is 79.9. The zero-order valence-corrected chi connectivity index (χ0v) is 11.5. The second-order valence-electron chi connectivity index (χ2n) is 3.60. The van der Waals surface area contributed by atoms with E-state index in [-0.39, 0.29) is 12.4 Å². The highest BCUT2D eigenvalue weighted by Crippen LogP contribution is 2.25. The van der Waals surface area contributed by atoms with E-state index < -0.39 is 5.97 Å². The predicted octanol–water partition coefficient (Wildman–Crippen LogP) is 2.98. The Bertz CT molecular complexity index is 580. The van der Waals surface area contributed by atoms with Gasteiger partial charge in [-0.15, -0.1) is 0 Å². The van der Waals surface area contributed by atoms with E-state index in [1.54, 1.807) is 6.92 Å². The molecule has 0 amide bonds. The Labute approximate surface area is 112 Å². The summed E-state index contributed by atoms with van der Waals surface area (Å²) in [5, 5.41) is 3.61. The van der Waals surface area contributed by atoms with Gasteiger partial charge in [0.05, 0.1) is 6.61 Å². The fourth-order valence-electron chi connectivity index (χ4n) is 1.44. The van der Waals surface area contributed by atoms with Gasteiger partial charge in [0.2, 0.25) is 0 Å². The van der Waals surface area contributed by atoms with Crippen molar-refractivity contribution < 1.29 is 14.1 Å². The lowest BCUT2D eigenvalue weighted by Gasteiger charge is -2.00. The van der Waals surface area contributed by atoms with Gasteiger partial charge in [0, 0.05) is 10.0 Å². The zero-order chi connectivity index (χ0) is 13.1. The minimum atomic E-state index is -0.583. The molecule has 0 atom stereocenters. The van der Waals surface area contributed by atoms with Crippen LogP contribution in [0.1, 0.15) is 23.1 Å². The zero-order valence-electron chi connectivity index (χ0n) is 9.94. The molecule has 0 aliphatic rings. The second kappa shape index (κ2) is 5.30. The average Bonchev–Trinajstić information content (AvgIpc) is 2.82. The van der Waals surface area contributed by atoms with Crippen molar-refractivity contribution in [1.29, 1.82) is 0 Å². The Balaban J connectivity index is 2.35. The van der Waals surface area contributed by atoms with Crippen molar-refractivity contribution in [2.24, 2.45) is 0 Å². The molecule has 18 heavy (non-hydrogen) atoms. The molecule has 0 aliphatic heterocycles. The number of hydrogen-bond acceptors (Lipinski definition) is 5. The van der Waals surface area contributed by atoms with Gasteiger partial charge in [-0.05, 0) is 36.7 Å². The third-order valence-corrected chi connectivity index (χ3v) is 2.81. The number of halogens is 1. The summed E-state index contributed by atoms with van der Waals surface area (Å²) in [5.74, 6) is -0.344. The summed E-state index contributed by atoms with van der Waals surface area (Å²) in [6.45, 7) is 3.92. The average molecular weight is 311 g/mol. The van der Waals surface area contributed by atoms with E-state index in [2.05, 4.69) is 26.1 Å². The van der Waals surface area contributed by atoms with Crippen molar-refractivity contribution in [3.8, 4) is 11.5 Å². The van der Waals surface area contributed by atoms with E-state index in [1.807, 2.05) is 25.1 Å². The molecular formula is C12H11BrN2O3. The molecule has 0 fully saturated rings. The standard InChI is InChI=1S/C12H11BrN2O3/c1-3-17-12(16)10-14-11(18-15-10)9-6-8(13)5-4-7(9)2/h4-6H,3H2,1-2H3. The maximum absolute atomic E-state index is 11.4. The molecule has 1 aromatic carbocycles. The van der Waals surface area contributed by atoms with Crippen LogP contribution < -0.4 is 0 Å². The number of carbonyl (C=O) groups excluding carboxylic acids is 1. The number of benzene rings is 1. The Hall–Kier alpha value is -1.69. The molecule has 0 saturated heterocycles. The minimum absolute atomic E-state index is 0.0637. The SMILES string of the molecule is CCOC(=O)c1noc(-c2cc(Br)ccc2C)n1. The topological polar surface area (TPSA) is 65.2 Å². The number of ether oxygens (including phenoxy) is 1.